The summed E-state index contributed by atoms with van der Waals surface area (Å²) in [5.74, 6) is 0.389. The second-order valence-corrected chi connectivity index (χ2v) is 6.26. The van der Waals surface area contributed by atoms with Gasteiger partial charge in [0.05, 0.1) is 5.54 Å². The van der Waals surface area contributed by atoms with Gasteiger partial charge >= 0.3 is 0 Å². The van der Waals surface area contributed by atoms with Gasteiger partial charge in [0.25, 0.3) is 0 Å². The van der Waals surface area contributed by atoms with Crippen molar-refractivity contribution >= 4 is 21.8 Å². The molecule has 1 saturated carbocycles. The number of benzene rings is 1. The van der Waals surface area contributed by atoms with Crippen LogP contribution in [0.15, 0.2) is 28.7 Å². The first-order valence-electron chi connectivity index (χ1n) is 6.20. The first-order chi connectivity index (χ1) is 8.41. The van der Waals surface area contributed by atoms with Crippen molar-refractivity contribution in [2.24, 2.45) is 11.7 Å². The first-order valence-corrected chi connectivity index (χ1v) is 6.99. The summed E-state index contributed by atoms with van der Waals surface area (Å²) in [6.45, 7) is 2.45. The van der Waals surface area contributed by atoms with Crippen LogP contribution < -0.4 is 5.73 Å². The highest BCUT2D eigenvalue weighted by molar-refractivity contribution is 9.10. The summed E-state index contributed by atoms with van der Waals surface area (Å²) >= 11 is 3.43. The van der Waals surface area contributed by atoms with Gasteiger partial charge in [-0.2, -0.15) is 0 Å². The number of hydrogen-bond donors (Lipinski definition) is 1. The molecule has 1 aromatic rings. The van der Waals surface area contributed by atoms with Gasteiger partial charge in [-0.1, -0.05) is 28.1 Å². The predicted octanol–water partition coefficient (Wildman–Crippen LogP) is 2.53. The highest BCUT2D eigenvalue weighted by Gasteiger charge is 2.45. The Bertz CT molecular complexity index is 455. The third-order valence-corrected chi connectivity index (χ3v) is 4.03. The van der Waals surface area contributed by atoms with E-state index >= 15 is 0 Å². The Balaban J connectivity index is 2.03. The quantitative estimate of drug-likeness (QED) is 0.929. The van der Waals surface area contributed by atoms with Crippen LogP contribution in [0.1, 0.15) is 25.3 Å². The standard InChI is InChI=1S/C14H19BrN2O/c1-14(16,11-6-7-11)13(18)17(2)9-10-4-3-5-12(15)8-10/h3-5,8,11H,6-7,9,16H2,1-2H3. The zero-order chi connectivity index (χ0) is 13.3. The number of likely N-dealkylation sites (N-methyl/N-ethyl adjacent to an activating group) is 1. The molecule has 0 aromatic heterocycles. The fraction of sp³-hybridized carbons (Fsp3) is 0.500. The van der Waals surface area contributed by atoms with E-state index < -0.39 is 5.54 Å². The molecule has 0 saturated heterocycles. The maximum Gasteiger partial charge on any atom is 0.242 e. The summed E-state index contributed by atoms with van der Waals surface area (Å²) in [6, 6.07) is 7.98. The van der Waals surface area contributed by atoms with Crippen molar-refractivity contribution in [1.82, 2.24) is 4.90 Å². The topological polar surface area (TPSA) is 46.3 Å². The summed E-state index contributed by atoms with van der Waals surface area (Å²) in [7, 11) is 1.82. The van der Waals surface area contributed by atoms with Crippen LogP contribution in [0, 0.1) is 5.92 Å². The Morgan fingerprint density at radius 2 is 2.22 bits per heavy atom. The van der Waals surface area contributed by atoms with E-state index in [0.717, 1.165) is 22.9 Å². The van der Waals surface area contributed by atoms with Gasteiger partial charge in [-0.15, -0.1) is 0 Å². The zero-order valence-electron chi connectivity index (χ0n) is 10.8. The third-order valence-electron chi connectivity index (χ3n) is 3.54. The molecule has 0 radical (unpaired) electrons. The molecule has 2 N–H and O–H groups in total. The second kappa shape index (κ2) is 5.02. The van der Waals surface area contributed by atoms with Crippen LogP contribution in [-0.2, 0) is 11.3 Å². The molecule has 0 heterocycles. The highest BCUT2D eigenvalue weighted by Crippen LogP contribution is 2.38. The Morgan fingerprint density at radius 1 is 1.56 bits per heavy atom. The average Bonchev–Trinajstić information content (AvgIpc) is 3.11. The van der Waals surface area contributed by atoms with E-state index in [4.69, 9.17) is 5.73 Å². The van der Waals surface area contributed by atoms with Crippen LogP contribution in [-0.4, -0.2) is 23.4 Å². The minimum atomic E-state index is -0.708. The maximum atomic E-state index is 12.3. The number of halogens is 1. The molecule has 4 heteroatoms. The predicted molar refractivity (Wildman–Crippen MR) is 75.9 cm³/mol. The number of nitrogens with two attached hydrogens (primary N) is 1. The molecular formula is C14H19BrN2O. The molecule has 1 aliphatic carbocycles. The molecular weight excluding hydrogens is 292 g/mol. The summed E-state index contributed by atoms with van der Waals surface area (Å²) in [4.78, 5) is 14.0. The molecule has 1 amide bonds. The smallest absolute Gasteiger partial charge is 0.242 e. The van der Waals surface area contributed by atoms with Crippen molar-refractivity contribution in [3.8, 4) is 0 Å². The minimum Gasteiger partial charge on any atom is -0.340 e. The molecule has 3 nitrogen and oxygen atoms in total. The van der Waals surface area contributed by atoms with E-state index in [-0.39, 0.29) is 5.91 Å². The van der Waals surface area contributed by atoms with Gasteiger partial charge in [0.2, 0.25) is 5.91 Å². The van der Waals surface area contributed by atoms with E-state index in [9.17, 15) is 4.79 Å². The molecule has 2 rings (SSSR count). The Kier molecular flexibility index (Phi) is 3.78. The van der Waals surface area contributed by atoms with Crippen LogP contribution in [0.5, 0.6) is 0 Å². The van der Waals surface area contributed by atoms with Crippen LogP contribution >= 0.6 is 15.9 Å². The fourth-order valence-corrected chi connectivity index (χ4v) is 2.70. The Labute approximate surface area is 116 Å². The molecule has 1 fully saturated rings. The number of carbonyl (C=O) groups is 1. The molecule has 1 aliphatic rings. The van der Waals surface area contributed by atoms with Crippen LogP contribution in [0.2, 0.25) is 0 Å². The number of nitrogens with zero attached hydrogens (tertiary/aromatic N) is 1. The lowest BCUT2D eigenvalue weighted by atomic mass is 9.95. The average molecular weight is 311 g/mol. The third kappa shape index (κ3) is 2.93. The van der Waals surface area contributed by atoms with E-state index in [2.05, 4.69) is 15.9 Å². The number of hydrogen-bond acceptors (Lipinski definition) is 2. The van der Waals surface area contributed by atoms with Crippen molar-refractivity contribution in [3.05, 3.63) is 34.3 Å². The summed E-state index contributed by atoms with van der Waals surface area (Å²) in [5, 5.41) is 0. The second-order valence-electron chi connectivity index (χ2n) is 5.35. The van der Waals surface area contributed by atoms with Gasteiger partial charge < -0.3 is 10.6 Å². The van der Waals surface area contributed by atoms with E-state index in [0.29, 0.717) is 12.5 Å². The molecule has 0 bridgehead atoms. The molecule has 1 aromatic carbocycles. The Hall–Kier alpha value is -0.870. The van der Waals surface area contributed by atoms with Crippen molar-refractivity contribution < 1.29 is 4.79 Å². The lowest BCUT2D eigenvalue weighted by Crippen LogP contribution is -2.53. The number of rotatable bonds is 4. The van der Waals surface area contributed by atoms with Gasteiger partial charge in [0.15, 0.2) is 0 Å². The maximum absolute atomic E-state index is 12.3. The lowest BCUT2D eigenvalue weighted by Gasteiger charge is -2.29. The lowest BCUT2D eigenvalue weighted by molar-refractivity contribution is -0.136. The van der Waals surface area contributed by atoms with E-state index in [1.807, 2.05) is 38.2 Å². The van der Waals surface area contributed by atoms with Gasteiger partial charge in [-0.05, 0) is 43.4 Å². The van der Waals surface area contributed by atoms with Crippen LogP contribution in [0.3, 0.4) is 0 Å². The van der Waals surface area contributed by atoms with Crippen molar-refractivity contribution in [2.45, 2.75) is 31.8 Å². The zero-order valence-corrected chi connectivity index (χ0v) is 12.4. The monoisotopic (exact) mass is 310 g/mol. The van der Waals surface area contributed by atoms with E-state index in [1.54, 1.807) is 4.90 Å². The molecule has 1 unspecified atom stereocenters. The van der Waals surface area contributed by atoms with E-state index in [1.165, 1.54) is 0 Å². The molecule has 0 aliphatic heterocycles. The van der Waals surface area contributed by atoms with Crippen molar-refractivity contribution in [3.63, 3.8) is 0 Å². The molecule has 18 heavy (non-hydrogen) atoms. The summed E-state index contributed by atoms with van der Waals surface area (Å²) in [5.41, 5.74) is 6.55. The number of carbonyl (C=O) groups excluding carboxylic acids is 1. The van der Waals surface area contributed by atoms with Crippen LogP contribution in [0.4, 0.5) is 0 Å². The van der Waals surface area contributed by atoms with Gasteiger partial charge in [0.1, 0.15) is 0 Å². The van der Waals surface area contributed by atoms with Crippen molar-refractivity contribution in [1.29, 1.82) is 0 Å². The molecule has 98 valence electrons. The molecule has 1 atom stereocenters. The normalized spacial score (nSPS) is 18.2. The minimum absolute atomic E-state index is 0.0324. The number of amides is 1. The van der Waals surface area contributed by atoms with Gasteiger partial charge in [-0.25, -0.2) is 0 Å². The largest absolute Gasteiger partial charge is 0.340 e. The fourth-order valence-electron chi connectivity index (χ4n) is 2.25. The van der Waals surface area contributed by atoms with Crippen molar-refractivity contribution in [2.75, 3.05) is 7.05 Å². The van der Waals surface area contributed by atoms with Gasteiger partial charge in [-0.3, -0.25) is 4.79 Å². The summed E-state index contributed by atoms with van der Waals surface area (Å²) in [6.07, 6.45) is 2.15. The summed E-state index contributed by atoms with van der Waals surface area (Å²) < 4.78 is 1.03. The highest BCUT2D eigenvalue weighted by atomic mass is 79.9. The SMILES string of the molecule is CN(Cc1cccc(Br)c1)C(=O)C(C)(N)C1CC1. The first kappa shape index (κ1) is 13.6. The van der Waals surface area contributed by atoms with Crippen LogP contribution in [0.25, 0.3) is 0 Å². The Morgan fingerprint density at radius 3 is 2.78 bits per heavy atom. The van der Waals surface area contributed by atoms with Gasteiger partial charge in [0, 0.05) is 18.1 Å². The molecule has 0 spiro atoms.